The molecule has 2 aliphatic rings. The van der Waals surface area contributed by atoms with E-state index in [0.29, 0.717) is 12.6 Å². The van der Waals surface area contributed by atoms with Gasteiger partial charge in [0.05, 0.1) is 6.10 Å². The van der Waals surface area contributed by atoms with Crippen LogP contribution in [0.3, 0.4) is 0 Å². The largest absolute Gasteiger partial charge is 0.393 e. The maximum atomic E-state index is 11.8. The van der Waals surface area contributed by atoms with E-state index in [-0.39, 0.29) is 18.2 Å². The van der Waals surface area contributed by atoms with Gasteiger partial charge in [-0.05, 0) is 52.4 Å². The van der Waals surface area contributed by atoms with E-state index in [1.165, 1.54) is 12.8 Å². The van der Waals surface area contributed by atoms with E-state index in [9.17, 15) is 9.90 Å². The van der Waals surface area contributed by atoms with Gasteiger partial charge in [-0.1, -0.05) is 0 Å². The van der Waals surface area contributed by atoms with Crippen LogP contribution in [0.2, 0.25) is 0 Å². The Kier molecular flexibility index (Phi) is 5.66. The van der Waals surface area contributed by atoms with Gasteiger partial charge in [0.25, 0.3) is 0 Å². The summed E-state index contributed by atoms with van der Waals surface area (Å²) in [6.45, 7) is 6.06. The van der Waals surface area contributed by atoms with Gasteiger partial charge in [-0.25, -0.2) is 4.79 Å². The van der Waals surface area contributed by atoms with Crippen molar-refractivity contribution in [2.45, 2.75) is 76.6 Å². The Labute approximate surface area is 122 Å². The first kappa shape index (κ1) is 15.6. The number of carbonyl (C=O) groups excluding carboxylic acids is 1. The normalized spacial score (nSPS) is 26.9. The first-order valence-electron chi connectivity index (χ1n) is 8.04. The zero-order valence-electron chi connectivity index (χ0n) is 12.8. The Hall–Kier alpha value is -0.810. The quantitative estimate of drug-likeness (QED) is 0.691. The molecule has 2 fully saturated rings. The molecule has 0 atom stereocenters. The number of nitrogens with one attached hydrogen (secondary N) is 2. The van der Waals surface area contributed by atoms with Crippen molar-refractivity contribution in [2.75, 3.05) is 13.1 Å². The molecule has 116 valence electrons. The van der Waals surface area contributed by atoms with Crippen LogP contribution >= 0.6 is 0 Å². The minimum atomic E-state index is -0.172. The first-order valence-corrected chi connectivity index (χ1v) is 8.04. The van der Waals surface area contributed by atoms with Crippen LogP contribution in [0.25, 0.3) is 0 Å². The summed E-state index contributed by atoms with van der Waals surface area (Å²) >= 11 is 0. The van der Waals surface area contributed by atoms with Gasteiger partial charge in [-0.2, -0.15) is 0 Å². The molecule has 0 radical (unpaired) electrons. The molecule has 0 bridgehead atoms. The number of rotatable bonds is 6. The van der Waals surface area contributed by atoms with Gasteiger partial charge in [-0.3, -0.25) is 4.90 Å². The molecular weight excluding hydrogens is 254 g/mol. The standard InChI is InChI=1S/C15H29N3O2/c1-11(2)18(13-5-6-13)10-9-16-15(20)17-12-3-7-14(19)8-4-12/h11-14,19H,3-10H2,1-2H3,(H2,16,17,20). The van der Waals surface area contributed by atoms with Crippen molar-refractivity contribution < 1.29 is 9.90 Å². The number of hydrogen-bond acceptors (Lipinski definition) is 3. The second-order valence-corrected chi connectivity index (χ2v) is 6.47. The molecule has 0 aromatic carbocycles. The smallest absolute Gasteiger partial charge is 0.315 e. The van der Waals surface area contributed by atoms with E-state index in [0.717, 1.165) is 38.3 Å². The van der Waals surface area contributed by atoms with Crippen molar-refractivity contribution in [3.63, 3.8) is 0 Å². The summed E-state index contributed by atoms with van der Waals surface area (Å²) < 4.78 is 0. The van der Waals surface area contributed by atoms with Gasteiger partial charge < -0.3 is 15.7 Å². The van der Waals surface area contributed by atoms with Gasteiger partial charge in [-0.15, -0.1) is 0 Å². The zero-order chi connectivity index (χ0) is 14.5. The fourth-order valence-corrected chi connectivity index (χ4v) is 3.02. The third-order valence-corrected chi connectivity index (χ3v) is 4.37. The Balaban J connectivity index is 1.60. The van der Waals surface area contributed by atoms with Crippen LogP contribution in [0, 0.1) is 0 Å². The maximum Gasteiger partial charge on any atom is 0.315 e. The second kappa shape index (κ2) is 7.27. The summed E-state index contributed by atoms with van der Waals surface area (Å²) in [5, 5.41) is 15.4. The van der Waals surface area contributed by atoms with Crippen LogP contribution in [0.5, 0.6) is 0 Å². The number of amides is 2. The summed E-state index contributed by atoms with van der Waals surface area (Å²) in [6.07, 6.45) is 5.79. The lowest BCUT2D eigenvalue weighted by Gasteiger charge is -2.28. The second-order valence-electron chi connectivity index (χ2n) is 6.47. The number of hydrogen-bond donors (Lipinski definition) is 3. The molecule has 5 heteroatoms. The molecule has 3 N–H and O–H groups in total. The molecule has 2 amide bonds. The van der Waals surface area contributed by atoms with Gasteiger partial charge in [0.1, 0.15) is 0 Å². The van der Waals surface area contributed by atoms with Crippen molar-refractivity contribution in [1.29, 1.82) is 0 Å². The monoisotopic (exact) mass is 283 g/mol. The van der Waals surface area contributed by atoms with Gasteiger partial charge in [0.15, 0.2) is 0 Å². The van der Waals surface area contributed by atoms with E-state index in [1.54, 1.807) is 0 Å². The number of aliphatic hydroxyl groups excluding tert-OH is 1. The molecule has 0 aromatic rings. The van der Waals surface area contributed by atoms with Crippen LogP contribution in [0.1, 0.15) is 52.4 Å². The zero-order valence-corrected chi connectivity index (χ0v) is 12.8. The summed E-state index contributed by atoms with van der Waals surface area (Å²) in [6, 6.07) is 1.45. The van der Waals surface area contributed by atoms with E-state index < -0.39 is 0 Å². The Morgan fingerprint density at radius 1 is 1.20 bits per heavy atom. The summed E-state index contributed by atoms with van der Waals surface area (Å²) in [5.41, 5.74) is 0. The summed E-state index contributed by atoms with van der Waals surface area (Å²) in [5.74, 6) is 0. The molecule has 2 aliphatic carbocycles. The van der Waals surface area contributed by atoms with Crippen LogP contribution in [0.15, 0.2) is 0 Å². The molecular formula is C15H29N3O2. The van der Waals surface area contributed by atoms with Crippen LogP contribution in [-0.2, 0) is 0 Å². The first-order chi connectivity index (χ1) is 9.56. The highest BCUT2D eigenvalue weighted by Gasteiger charge is 2.30. The van der Waals surface area contributed by atoms with Crippen molar-refractivity contribution in [3.8, 4) is 0 Å². The topological polar surface area (TPSA) is 64.6 Å². The van der Waals surface area contributed by atoms with Crippen molar-refractivity contribution in [3.05, 3.63) is 0 Å². The number of aliphatic hydroxyl groups is 1. The van der Waals surface area contributed by atoms with E-state index in [1.807, 2.05) is 0 Å². The van der Waals surface area contributed by atoms with Crippen molar-refractivity contribution in [2.24, 2.45) is 0 Å². The number of carbonyl (C=O) groups is 1. The molecule has 2 rings (SSSR count). The number of urea groups is 1. The van der Waals surface area contributed by atoms with Gasteiger partial charge >= 0.3 is 6.03 Å². The summed E-state index contributed by atoms with van der Waals surface area (Å²) in [4.78, 5) is 14.3. The van der Waals surface area contributed by atoms with E-state index in [2.05, 4.69) is 29.4 Å². The van der Waals surface area contributed by atoms with Crippen LogP contribution in [0.4, 0.5) is 4.79 Å². The Morgan fingerprint density at radius 2 is 1.85 bits per heavy atom. The average molecular weight is 283 g/mol. The molecule has 20 heavy (non-hydrogen) atoms. The molecule has 0 heterocycles. The third-order valence-electron chi connectivity index (χ3n) is 4.37. The van der Waals surface area contributed by atoms with Crippen molar-refractivity contribution >= 4 is 6.03 Å². The predicted octanol–water partition coefficient (Wildman–Crippen LogP) is 1.46. The Morgan fingerprint density at radius 3 is 2.40 bits per heavy atom. The Bertz CT molecular complexity index is 308. The number of nitrogens with zero attached hydrogens (tertiary/aromatic N) is 1. The molecule has 0 saturated heterocycles. The van der Waals surface area contributed by atoms with Crippen LogP contribution < -0.4 is 10.6 Å². The third kappa shape index (κ3) is 4.94. The molecule has 0 spiro atoms. The molecule has 0 aliphatic heterocycles. The fraction of sp³-hybridized carbons (Fsp3) is 0.933. The van der Waals surface area contributed by atoms with Crippen LogP contribution in [-0.4, -0.2) is 53.4 Å². The molecule has 2 saturated carbocycles. The highest BCUT2D eigenvalue weighted by atomic mass is 16.3. The molecule has 0 unspecified atom stereocenters. The predicted molar refractivity (Wildman–Crippen MR) is 79.7 cm³/mol. The van der Waals surface area contributed by atoms with Gasteiger partial charge in [0, 0.05) is 31.2 Å². The maximum absolute atomic E-state index is 11.8. The highest BCUT2D eigenvalue weighted by Crippen LogP contribution is 2.27. The fourth-order valence-electron chi connectivity index (χ4n) is 3.02. The SMILES string of the molecule is CC(C)N(CCNC(=O)NC1CCC(O)CC1)C1CC1. The minimum Gasteiger partial charge on any atom is -0.393 e. The van der Waals surface area contributed by atoms with Gasteiger partial charge in [0.2, 0.25) is 0 Å². The average Bonchev–Trinajstić information content (AvgIpc) is 3.21. The lowest BCUT2D eigenvalue weighted by atomic mass is 9.93. The van der Waals surface area contributed by atoms with E-state index >= 15 is 0 Å². The molecule has 0 aromatic heterocycles. The highest BCUT2D eigenvalue weighted by molar-refractivity contribution is 5.74. The van der Waals surface area contributed by atoms with E-state index in [4.69, 9.17) is 0 Å². The van der Waals surface area contributed by atoms with Crippen molar-refractivity contribution in [1.82, 2.24) is 15.5 Å². The lowest BCUT2D eigenvalue weighted by molar-refractivity contribution is 0.117. The minimum absolute atomic E-state index is 0.0640. The lowest BCUT2D eigenvalue weighted by Crippen LogP contribution is -2.47. The summed E-state index contributed by atoms with van der Waals surface area (Å²) in [7, 11) is 0. The molecule has 5 nitrogen and oxygen atoms in total.